The van der Waals surface area contributed by atoms with Crippen molar-refractivity contribution in [1.82, 2.24) is 4.90 Å². The van der Waals surface area contributed by atoms with E-state index in [1.807, 2.05) is 4.90 Å². The molecule has 0 bridgehead atoms. The quantitative estimate of drug-likeness (QED) is 0.666. The van der Waals surface area contributed by atoms with Gasteiger partial charge >= 0.3 is 0 Å². The van der Waals surface area contributed by atoms with Crippen LogP contribution in [0.4, 0.5) is 0 Å². The smallest absolute Gasteiger partial charge is 0.223 e. The number of aliphatic hydroxyl groups excluding tert-OH is 1. The zero-order chi connectivity index (χ0) is 9.97. The molecule has 2 aliphatic rings. The number of allylic oxidation sites excluding steroid dienone is 1. The minimum Gasteiger partial charge on any atom is -0.396 e. The summed E-state index contributed by atoms with van der Waals surface area (Å²) in [5.74, 6) is 0.489. The second-order valence-electron chi connectivity index (χ2n) is 4.14. The summed E-state index contributed by atoms with van der Waals surface area (Å²) in [7, 11) is 0. The summed E-state index contributed by atoms with van der Waals surface area (Å²) in [6.45, 7) is 1.05. The van der Waals surface area contributed by atoms with Gasteiger partial charge in [0, 0.05) is 25.5 Å². The van der Waals surface area contributed by atoms with Gasteiger partial charge in [-0.2, -0.15) is 0 Å². The Kier molecular flexibility index (Phi) is 2.87. The van der Waals surface area contributed by atoms with E-state index in [2.05, 4.69) is 12.2 Å². The van der Waals surface area contributed by atoms with Crippen LogP contribution in [0.15, 0.2) is 12.2 Å². The van der Waals surface area contributed by atoms with Gasteiger partial charge in [0.25, 0.3) is 0 Å². The van der Waals surface area contributed by atoms with Crippen LogP contribution >= 0.6 is 0 Å². The lowest BCUT2D eigenvalue weighted by Gasteiger charge is -2.34. The third kappa shape index (κ3) is 1.69. The van der Waals surface area contributed by atoms with Crippen LogP contribution in [-0.4, -0.2) is 35.1 Å². The third-order valence-corrected chi connectivity index (χ3v) is 3.21. The minimum absolute atomic E-state index is 0.160. The van der Waals surface area contributed by atoms with Crippen LogP contribution < -0.4 is 0 Å². The number of hydrogen-bond donors (Lipinski definition) is 1. The predicted molar refractivity (Wildman–Crippen MR) is 53.7 cm³/mol. The number of carbonyl (C=O) groups is 1. The van der Waals surface area contributed by atoms with E-state index >= 15 is 0 Å². The van der Waals surface area contributed by atoms with Gasteiger partial charge in [0.2, 0.25) is 5.91 Å². The van der Waals surface area contributed by atoms with Gasteiger partial charge in [-0.15, -0.1) is 0 Å². The Bertz CT molecular complexity index is 250. The standard InChI is InChI=1S/C11H17NO2/c13-8-9-4-3-5-10(9)12-7-2-1-6-11(12)14/h3,5,9-10,13H,1-2,4,6-8H2/t9-,10-/m0/s1. The van der Waals surface area contributed by atoms with Crippen LogP contribution in [-0.2, 0) is 4.79 Å². The van der Waals surface area contributed by atoms with Crippen molar-refractivity contribution in [3.05, 3.63) is 12.2 Å². The van der Waals surface area contributed by atoms with Gasteiger partial charge in [0.15, 0.2) is 0 Å². The Labute approximate surface area is 84.4 Å². The number of aliphatic hydroxyl groups is 1. The zero-order valence-electron chi connectivity index (χ0n) is 8.35. The largest absolute Gasteiger partial charge is 0.396 e. The van der Waals surface area contributed by atoms with Gasteiger partial charge in [-0.1, -0.05) is 12.2 Å². The molecule has 78 valence electrons. The molecular formula is C11H17NO2. The van der Waals surface area contributed by atoms with Crippen molar-refractivity contribution in [1.29, 1.82) is 0 Å². The molecular weight excluding hydrogens is 178 g/mol. The third-order valence-electron chi connectivity index (χ3n) is 3.21. The molecule has 2 rings (SSSR count). The van der Waals surface area contributed by atoms with E-state index in [4.69, 9.17) is 0 Å². The van der Waals surface area contributed by atoms with Gasteiger partial charge in [0.05, 0.1) is 6.04 Å². The Balaban J connectivity index is 2.05. The number of hydrogen-bond acceptors (Lipinski definition) is 2. The fourth-order valence-corrected chi connectivity index (χ4v) is 2.37. The molecule has 3 heteroatoms. The van der Waals surface area contributed by atoms with Crippen molar-refractivity contribution in [2.24, 2.45) is 5.92 Å². The summed E-state index contributed by atoms with van der Waals surface area (Å²) < 4.78 is 0. The number of piperidine rings is 1. The van der Waals surface area contributed by atoms with E-state index in [0.29, 0.717) is 6.42 Å². The molecule has 3 nitrogen and oxygen atoms in total. The molecule has 2 atom stereocenters. The summed E-state index contributed by atoms with van der Waals surface area (Å²) in [6.07, 6.45) is 7.87. The normalized spacial score (nSPS) is 32.6. The lowest BCUT2D eigenvalue weighted by Crippen LogP contribution is -2.45. The second-order valence-corrected chi connectivity index (χ2v) is 4.14. The van der Waals surface area contributed by atoms with Crippen LogP contribution in [0.25, 0.3) is 0 Å². The second kappa shape index (κ2) is 4.13. The first-order valence-corrected chi connectivity index (χ1v) is 5.40. The minimum atomic E-state index is 0.160. The lowest BCUT2D eigenvalue weighted by molar-refractivity contribution is -0.135. The summed E-state index contributed by atoms with van der Waals surface area (Å²) in [5, 5.41) is 9.18. The van der Waals surface area contributed by atoms with Crippen LogP contribution in [0.2, 0.25) is 0 Å². The van der Waals surface area contributed by atoms with Gasteiger partial charge in [-0.3, -0.25) is 4.79 Å². The molecule has 1 saturated heterocycles. The van der Waals surface area contributed by atoms with Crippen LogP contribution in [0, 0.1) is 5.92 Å². The van der Waals surface area contributed by atoms with E-state index in [0.717, 1.165) is 25.8 Å². The Hall–Kier alpha value is -0.830. The molecule has 0 saturated carbocycles. The van der Waals surface area contributed by atoms with Gasteiger partial charge in [0.1, 0.15) is 0 Å². The van der Waals surface area contributed by atoms with Crippen molar-refractivity contribution < 1.29 is 9.90 Å². The Morgan fingerprint density at radius 2 is 2.36 bits per heavy atom. The Morgan fingerprint density at radius 1 is 1.50 bits per heavy atom. The Morgan fingerprint density at radius 3 is 3.07 bits per heavy atom. The van der Waals surface area contributed by atoms with Crippen LogP contribution in [0.5, 0.6) is 0 Å². The van der Waals surface area contributed by atoms with E-state index in [1.165, 1.54) is 0 Å². The molecule has 1 amide bonds. The van der Waals surface area contributed by atoms with Crippen molar-refractivity contribution in [2.45, 2.75) is 31.7 Å². The summed E-state index contributed by atoms with van der Waals surface area (Å²) >= 11 is 0. The summed E-state index contributed by atoms with van der Waals surface area (Å²) in [6, 6.07) is 0.160. The predicted octanol–water partition coefficient (Wildman–Crippen LogP) is 0.936. The van der Waals surface area contributed by atoms with Crippen LogP contribution in [0.3, 0.4) is 0 Å². The lowest BCUT2D eigenvalue weighted by atomic mass is 9.99. The SMILES string of the molecule is O=C1CCCCN1[C@H]1C=CC[C@H]1CO. The first-order chi connectivity index (χ1) is 6.83. The van der Waals surface area contributed by atoms with Crippen molar-refractivity contribution in [3.8, 4) is 0 Å². The summed E-state index contributed by atoms with van der Waals surface area (Å²) in [5.41, 5.74) is 0. The van der Waals surface area contributed by atoms with Crippen molar-refractivity contribution >= 4 is 5.91 Å². The molecule has 0 aromatic carbocycles. The summed E-state index contributed by atoms with van der Waals surface area (Å²) in [4.78, 5) is 13.6. The van der Waals surface area contributed by atoms with E-state index < -0.39 is 0 Å². The highest BCUT2D eigenvalue weighted by Gasteiger charge is 2.31. The molecule has 0 unspecified atom stereocenters. The van der Waals surface area contributed by atoms with Gasteiger partial charge in [-0.05, 0) is 19.3 Å². The molecule has 1 N–H and O–H groups in total. The zero-order valence-corrected chi connectivity index (χ0v) is 8.35. The molecule has 0 aromatic heterocycles. The highest BCUT2D eigenvalue weighted by atomic mass is 16.3. The van der Waals surface area contributed by atoms with Crippen molar-refractivity contribution in [2.75, 3.05) is 13.2 Å². The van der Waals surface area contributed by atoms with Gasteiger partial charge in [-0.25, -0.2) is 0 Å². The monoisotopic (exact) mass is 195 g/mol. The molecule has 0 aromatic rings. The molecule has 0 spiro atoms. The number of likely N-dealkylation sites (tertiary alicyclic amines) is 1. The topological polar surface area (TPSA) is 40.5 Å². The van der Waals surface area contributed by atoms with E-state index in [9.17, 15) is 9.90 Å². The number of rotatable bonds is 2. The maximum absolute atomic E-state index is 11.7. The molecule has 0 radical (unpaired) electrons. The first kappa shape index (κ1) is 9.71. The first-order valence-electron chi connectivity index (χ1n) is 5.40. The fourth-order valence-electron chi connectivity index (χ4n) is 2.37. The molecule has 1 heterocycles. The van der Waals surface area contributed by atoms with Crippen molar-refractivity contribution in [3.63, 3.8) is 0 Å². The van der Waals surface area contributed by atoms with Gasteiger partial charge < -0.3 is 10.0 Å². The van der Waals surface area contributed by atoms with E-state index in [1.54, 1.807) is 0 Å². The highest BCUT2D eigenvalue weighted by Crippen LogP contribution is 2.26. The average molecular weight is 195 g/mol. The number of nitrogens with zero attached hydrogens (tertiary/aromatic N) is 1. The molecule has 14 heavy (non-hydrogen) atoms. The molecule has 1 aliphatic heterocycles. The number of amides is 1. The maximum atomic E-state index is 11.7. The molecule has 1 aliphatic carbocycles. The molecule has 1 fully saturated rings. The fraction of sp³-hybridized carbons (Fsp3) is 0.727. The maximum Gasteiger partial charge on any atom is 0.223 e. The van der Waals surface area contributed by atoms with Crippen LogP contribution in [0.1, 0.15) is 25.7 Å². The number of carbonyl (C=O) groups excluding carboxylic acids is 1. The highest BCUT2D eigenvalue weighted by molar-refractivity contribution is 5.77. The average Bonchev–Trinajstić information content (AvgIpc) is 2.66. The van der Waals surface area contributed by atoms with E-state index in [-0.39, 0.29) is 24.5 Å².